The first-order chi connectivity index (χ1) is 13.9. The average molecular weight is 429 g/mol. The predicted molar refractivity (Wildman–Crippen MR) is 110 cm³/mol. The van der Waals surface area contributed by atoms with Crippen molar-refractivity contribution in [3.63, 3.8) is 0 Å². The van der Waals surface area contributed by atoms with E-state index in [0.717, 1.165) is 0 Å². The van der Waals surface area contributed by atoms with E-state index in [1.54, 1.807) is 13.8 Å². The van der Waals surface area contributed by atoms with Gasteiger partial charge in [0.05, 0.1) is 12.1 Å². The number of likely N-dealkylation sites (tertiary alicyclic amines) is 1. The van der Waals surface area contributed by atoms with Gasteiger partial charge in [0, 0.05) is 6.54 Å². The molecule has 0 aromatic carbocycles. The Balaban J connectivity index is 2.93. The molecule has 0 spiro atoms. The number of nitrogens with two attached hydrogens (primary N) is 1. The minimum absolute atomic E-state index is 0.0627. The highest BCUT2D eigenvalue weighted by Crippen LogP contribution is 2.20. The minimum Gasteiger partial charge on any atom is -0.480 e. The lowest BCUT2D eigenvalue weighted by Gasteiger charge is -2.31. The summed E-state index contributed by atoms with van der Waals surface area (Å²) in [6, 6.07) is -4.00. The molecule has 3 amide bonds. The summed E-state index contributed by atoms with van der Waals surface area (Å²) < 4.78 is 0. The van der Waals surface area contributed by atoms with Crippen molar-refractivity contribution in [2.24, 2.45) is 17.6 Å². The molecule has 1 aliphatic rings. The molecule has 0 radical (unpaired) electrons. The number of aliphatic carboxylic acids is 1. The van der Waals surface area contributed by atoms with Crippen LogP contribution in [0.15, 0.2) is 0 Å². The zero-order valence-electron chi connectivity index (χ0n) is 18.4. The molecule has 1 aliphatic heterocycles. The van der Waals surface area contributed by atoms with Gasteiger partial charge in [-0.05, 0) is 38.0 Å². The third kappa shape index (κ3) is 6.94. The zero-order chi connectivity index (χ0) is 23.2. The SMILES string of the molecule is CC(C)CC(NC(=O)C1CCCN1C(=O)C(NC(=O)C(N)C(C)C)C(C)O)C(=O)O. The Morgan fingerprint density at radius 1 is 1.10 bits per heavy atom. The van der Waals surface area contributed by atoms with Crippen LogP contribution in [0.4, 0.5) is 0 Å². The smallest absolute Gasteiger partial charge is 0.326 e. The molecule has 0 aromatic rings. The van der Waals surface area contributed by atoms with Crippen molar-refractivity contribution in [3.8, 4) is 0 Å². The highest BCUT2D eigenvalue weighted by Gasteiger charge is 2.40. The highest BCUT2D eigenvalue weighted by atomic mass is 16.4. The lowest BCUT2D eigenvalue weighted by molar-refractivity contribution is -0.146. The molecule has 0 aliphatic carbocycles. The van der Waals surface area contributed by atoms with Gasteiger partial charge < -0.3 is 31.5 Å². The van der Waals surface area contributed by atoms with Gasteiger partial charge in [0.15, 0.2) is 0 Å². The Kier molecular flexibility index (Phi) is 9.70. The van der Waals surface area contributed by atoms with Crippen molar-refractivity contribution in [3.05, 3.63) is 0 Å². The monoisotopic (exact) mass is 428 g/mol. The van der Waals surface area contributed by atoms with Crippen molar-refractivity contribution >= 4 is 23.7 Å². The number of aliphatic hydroxyl groups excluding tert-OH is 1. The summed E-state index contributed by atoms with van der Waals surface area (Å²) in [7, 11) is 0. The number of amides is 3. The Bertz CT molecular complexity index is 637. The highest BCUT2D eigenvalue weighted by molar-refractivity contribution is 5.94. The zero-order valence-corrected chi connectivity index (χ0v) is 18.4. The van der Waals surface area contributed by atoms with Gasteiger partial charge in [-0.3, -0.25) is 14.4 Å². The lowest BCUT2D eigenvalue weighted by Crippen LogP contribution is -2.60. The van der Waals surface area contributed by atoms with Crippen molar-refractivity contribution in [2.75, 3.05) is 6.54 Å². The first-order valence-electron chi connectivity index (χ1n) is 10.4. The molecule has 6 N–H and O–H groups in total. The van der Waals surface area contributed by atoms with Gasteiger partial charge >= 0.3 is 5.97 Å². The number of rotatable bonds is 10. The third-order valence-electron chi connectivity index (χ3n) is 5.23. The number of carboxylic acid groups (broad SMARTS) is 1. The molecule has 1 fully saturated rings. The second-order valence-electron chi connectivity index (χ2n) is 8.72. The van der Waals surface area contributed by atoms with Gasteiger partial charge in [0.2, 0.25) is 17.7 Å². The van der Waals surface area contributed by atoms with Gasteiger partial charge in [0.1, 0.15) is 18.1 Å². The maximum absolute atomic E-state index is 13.0. The van der Waals surface area contributed by atoms with Gasteiger partial charge in [-0.25, -0.2) is 4.79 Å². The average Bonchev–Trinajstić information content (AvgIpc) is 3.13. The quantitative estimate of drug-likeness (QED) is 0.311. The van der Waals surface area contributed by atoms with E-state index in [1.807, 2.05) is 13.8 Å². The molecular formula is C20H36N4O6. The number of carbonyl (C=O) groups is 4. The molecular weight excluding hydrogens is 392 g/mol. The molecule has 10 heteroatoms. The summed E-state index contributed by atoms with van der Waals surface area (Å²) in [5, 5.41) is 24.4. The predicted octanol–water partition coefficient (Wildman–Crippen LogP) is -0.558. The van der Waals surface area contributed by atoms with E-state index in [2.05, 4.69) is 10.6 Å². The fourth-order valence-electron chi connectivity index (χ4n) is 3.38. The van der Waals surface area contributed by atoms with Crippen LogP contribution in [0.3, 0.4) is 0 Å². The second-order valence-corrected chi connectivity index (χ2v) is 8.72. The summed E-state index contributed by atoms with van der Waals surface area (Å²) in [6.45, 7) is 8.88. The number of carboxylic acids is 1. The molecule has 0 bridgehead atoms. The maximum atomic E-state index is 13.0. The van der Waals surface area contributed by atoms with Crippen LogP contribution in [-0.2, 0) is 19.2 Å². The number of hydrogen-bond donors (Lipinski definition) is 5. The van der Waals surface area contributed by atoms with Crippen LogP contribution in [0.5, 0.6) is 0 Å². The molecule has 10 nitrogen and oxygen atoms in total. The van der Waals surface area contributed by atoms with E-state index in [4.69, 9.17) is 5.73 Å². The van der Waals surface area contributed by atoms with Crippen LogP contribution in [0.1, 0.15) is 53.9 Å². The van der Waals surface area contributed by atoms with E-state index in [0.29, 0.717) is 12.8 Å². The fourth-order valence-corrected chi connectivity index (χ4v) is 3.38. The summed E-state index contributed by atoms with van der Waals surface area (Å²) in [6.07, 6.45) is -0.00549. The molecule has 172 valence electrons. The van der Waals surface area contributed by atoms with E-state index in [9.17, 15) is 29.4 Å². The second kappa shape index (κ2) is 11.3. The molecule has 1 saturated heterocycles. The molecule has 5 atom stereocenters. The number of hydrogen-bond acceptors (Lipinski definition) is 6. The van der Waals surface area contributed by atoms with Crippen LogP contribution in [0, 0.1) is 11.8 Å². The minimum atomic E-state index is -1.25. The number of aliphatic hydroxyl groups is 1. The molecule has 30 heavy (non-hydrogen) atoms. The van der Waals surface area contributed by atoms with Crippen LogP contribution in [-0.4, -0.2) is 75.6 Å². The first kappa shape index (κ1) is 25.8. The van der Waals surface area contributed by atoms with Crippen LogP contribution in [0.25, 0.3) is 0 Å². The van der Waals surface area contributed by atoms with Crippen molar-refractivity contribution in [2.45, 2.75) is 84.2 Å². The third-order valence-corrected chi connectivity index (χ3v) is 5.23. The number of nitrogens with zero attached hydrogens (tertiary/aromatic N) is 1. The lowest BCUT2D eigenvalue weighted by atomic mass is 10.0. The number of carbonyl (C=O) groups excluding carboxylic acids is 3. The molecule has 1 heterocycles. The van der Waals surface area contributed by atoms with Crippen LogP contribution in [0.2, 0.25) is 0 Å². The molecule has 0 aromatic heterocycles. The van der Waals surface area contributed by atoms with Gasteiger partial charge in [-0.15, -0.1) is 0 Å². The van der Waals surface area contributed by atoms with Crippen molar-refractivity contribution in [1.29, 1.82) is 0 Å². The van der Waals surface area contributed by atoms with Crippen molar-refractivity contribution < 1.29 is 29.4 Å². The molecule has 5 unspecified atom stereocenters. The molecule has 0 saturated carbocycles. The summed E-state index contributed by atoms with van der Waals surface area (Å²) >= 11 is 0. The summed E-state index contributed by atoms with van der Waals surface area (Å²) in [4.78, 5) is 50.8. The summed E-state index contributed by atoms with van der Waals surface area (Å²) in [5.74, 6) is -2.94. The van der Waals surface area contributed by atoms with Gasteiger partial charge in [0.25, 0.3) is 0 Å². The topological polar surface area (TPSA) is 162 Å². The van der Waals surface area contributed by atoms with E-state index in [1.165, 1.54) is 11.8 Å². The van der Waals surface area contributed by atoms with Gasteiger partial charge in [-0.2, -0.15) is 0 Å². The largest absolute Gasteiger partial charge is 0.480 e. The van der Waals surface area contributed by atoms with E-state index in [-0.39, 0.29) is 24.8 Å². The number of nitrogens with one attached hydrogen (secondary N) is 2. The maximum Gasteiger partial charge on any atom is 0.326 e. The van der Waals surface area contributed by atoms with E-state index >= 15 is 0 Å². The normalized spacial score (nSPS) is 20.6. The van der Waals surface area contributed by atoms with E-state index < -0.39 is 54.0 Å². The standard InChI is InChI=1S/C20H36N4O6/c1-10(2)9-13(20(29)30)22-17(26)14-7-6-8-24(14)19(28)16(12(5)25)23-18(27)15(21)11(3)4/h10-16,25H,6-9,21H2,1-5H3,(H,22,26)(H,23,27)(H,29,30). The Morgan fingerprint density at radius 3 is 2.17 bits per heavy atom. The fraction of sp³-hybridized carbons (Fsp3) is 0.800. The van der Waals surface area contributed by atoms with Crippen LogP contribution < -0.4 is 16.4 Å². The van der Waals surface area contributed by atoms with Gasteiger partial charge in [-0.1, -0.05) is 27.7 Å². The first-order valence-corrected chi connectivity index (χ1v) is 10.4. The van der Waals surface area contributed by atoms with Crippen molar-refractivity contribution in [1.82, 2.24) is 15.5 Å². The molecule has 1 rings (SSSR count). The Labute approximate surface area is 177 Å². The van der Waals surface area contributed by atoms with Crippen LogP contribution >= 0.6 is 0 Å². The Morgan fingerprint density at radius 2 is 1.70 bits per heavy atom. The Hall–Kier alpha value is -2.20. The summed E-state index contributed by atoms with van der Waals surface area (Å²) in [5.41, 5.74) is 5.82.